The first kappa shape index (κ1) is 13.1. The summed E-state index contributed by atoms with van der Waals surface area (Å²) in [5.41, 5.74) is 13.9. The molecule has 0 aliphatic rings. The van der Waals surface area contributed by atoms with Crippen LogP contribution in [0.5, 0.6) is 0 Å². The van der Waals surface area contributed by atoms with Crippen LogP contribution >= 0.6 is 0 Å². The van der Waals surface area contributed by atoms with Gasteiger partial charge >= 0.3 is 0 Å². The van der Waals surface area contributed by atoms with E-state index >= 15 is 0 Å². The van der Waals surface area contributed by atoms with Gasteiger partial charge in [-0.25, -0.2) is 0 Å². The second-order valence-corrected chi connectivity index (χ2v) is 4.41. The number of nitrogens with one attached hydrogen (secondary N) is 1. The summed E-state index contributed by atoms with van der Waals surface area (Å²) in [6, 6.07) is 16.1. The van der Waals surface area contributed by atoms with Gasteiger partial charge < -0.3 is 16.8 Å². The molecule has 4 nitrogen and oxygen atoms in total. The van der Waals surface area contributed by atoms with Crippen LogP contribution in [0.1, 0.15) is 5.56 Å². The summed E-state index contributed by atoms with van der Waals surface area (Å²) in [7, 11) is 0. The normalized spacial score (nSPS) is 11.8. The maximum atomic E-state index is 11.9. The molecule has 0 bridgehead atoms. The molecule has 1 atom stereocenters. The SMILES string of the molecule is Nc1ccc(NC(=O)[C@@H](N)Cc2ccccc2)cc1. The number of carbonyl (C=O) groups is 1. The number of anilines is 2. The quantitative estimate of drug-likeness (QED) is 0.728. The predicted molar refractivity (Wildman–Crippen MR) is 77.6 cm³/mol. The van der Waals surface area contributed by atoms with E-state index in [0.717, 1.165) is 5.56 Å². The van der Waals surface area contributed by atoms with Gasteiger partial charge in [0.2, 0.25) is 5.91 Å². The van der Waals surface area contributed by atoms with E-state index in [9.17, 15) is 4.79 Å². The highest BCUT2D eigenvalue weighted by atomic mass is 16.2. The van der Waals surface area contributed by atoms with E-state index in [-0.39, 0.29) is 5.91 Å². The molecule has 0 aliphatic carbocycles. The van der Waals surface area contributed by atoms with Crippen LogP contribution in [-0.4, -0.2) is 11.9 Å². The summed E-state index contributed by atoms with van der Waals surface area (Å²) >= 11 is 0. The molecule has 0 aliphatic heterocycles. The minimum Gasteiger partial charge on any atom is -0.399 e. The molecule has 0 aromatic heterocycles. The van der Waals surface area contributed by atoms with Gasteiger partial charge in [-0.3, -0.25) is 4.79 Å². The van der Waals surface area contributed by atoms with Crippen LogP contribution in [-0.2, 0) is 11.2 Å². The van der Waals surface area contributed by atoms with Crippen LogP contribution < -0.4 is 16.8 Å². The molecular weight excluding hydrogens is 238 g/mol. The zero-order valence-corrected chi connectivity index (χ0v) is 10.5. The standard InChI is InChI=1S/C15H17N3O/c16-12-6-8-13(9-7-12)18-15(19)14(17)10-11-4-2-1-3-5-11/h1-9,14H,10,16-17H2,(H,18,19)/t14-/m0/s1. The monoisotopic (exact) mass is 255 g/mol. The number of amides is 1. The van der Waals surface area contributed by atoms with Crippen molar-refractivity contribution < 1.29 is 4.79 Å². The maximum Gasteiger partial charge on any atom is 0.241 e. The van der Waals surface area contributed by atoms with Crippen molar-refractivity contribution in [1.82, 2.24) is 0 Å². The van der Waals surface area contributed by atoms with Gasteiger partial charge in [-0.05, 0) is 36.2 Å². The molecule has 0 fully saturated rings. The highest BCUT2D eigenvalue weighted by Gasteiger charge is 2.13. The van der Waals surface area contributed by atoms with Crippen LogP contribution in [0, 0.1) is 0 Å². The number of nitrogens with two attached hydrogens (primary N) is 2. The highest BCUT2D eigenvalue weighted by molar-refractivity contribution is 5.94. The second kappa shape index (κ2) is 6.02. The third kappa shape index (κ3) is 3.82. The second-order valence-electron chi connectivity index (χ2n) is 4.41. The van der Waals surface area contributed by atoms with Crippen molar-refractivity contribution in [2.45, 2.75) is 12.5 Å². The van der Waals surface area contributed by atoms with Gasteiger partial charge in [0.15, 0.2) is 0 Å². The molecule has 0 saturated heterocycles. The van der Waals surface area contributed by atoms with E-state index in [1.807, 2.05) is 30.3 Å². The molecule has 1 amide bonds. The van der Waals surface area contributed by atoms with Gasteiger partial charge in [0.05, 0.1) is 6.04 Å². The van der Waals surface area contributed by atoms with E-state index in [4.69, 9.17) is 11.5 Å². The molecule has 5 N–H and O–H groups in total. The molecule has 0 unspecified atom stereocenters. The van der Waals surface area contributed by atoms with E-state index < -0.39 is 6.04 Å². The maximum absolute atomic E-state index is 11.9. The number of hydrogen-bond acceptors (Lipinski definition) is 3. The van der Waals surface area contributed by atoms with Crippen molar-refractivity contribution in [3.63, 3.8) is 0 Å². The topological polar surface area (TPSA) is 81.1 Å². The van der Waals surface area contributed by atoms with E-state index in [0.29, 0.717) is 17.8 Å². The Morgan fingerprint density at radius 1 is 1.05 bits per heavy atom. The minimum atomic E-state index is -0.569. The summed E-state index contributed by atoms with van der Waals surface area (Å²) in [6.45, 7) is 0. The van der Waals surface area contributed by atoms with Crippen LogP contribution in [0.3, 0.4) is 0 Å². The van der Waals surface area contributed by atoms with Gasteiger partial charge in [-0.15, -0.1) is 0 Å². The Morgan fingerprint density at radius 2 is 1.68 bits per heavy atom. The first-order chi connectivity index (χ1) is 9.15. The average molecular weight is 255 g/mol. The molecule has 2 aromatic carbocycles. The first-order valence-corrected chi connectivity index (χ1v) is 6.11. The molecule has 19 heavy (non-hydrogen) atoms. The van der Waals surface area contributed by atoms with Gasteiger partial charge in [-0.2, -0.15) is 0 Å². The molecule has 4 heteroatoms. The van der Waals surface area contributed by atoms with Crippen molar-refractivity contribution in [3.8, 4) is 0 Å². The molecule has 2 rings (SSSR count). The number of benzene rings is 2. The van der Waals surface area contributed by atoms with E-state index in [1.54, 1.807) is 24.3 Å². The fraction of sp³-hybridized carbons (Fsp3) is 0.133. The number of rotatable bonds is 4. The van der Waals surface area contributed by atoms with Crippen molar-refractivity contribution in [2.75, 3.05) is 11.1 Å². The van der Waals surface area contributed by atoms with Crippen LogP contribution in [0.15, 0.2) is 54.6 Å². The van der Waals surface area contributed by atoms with Gasteiger partial charge in [0, 0.05) is 11.4 Å². The number of nitrogen functional groups attached to an aromatic ring is 1. The highest BCUT2D eigenvalue weighted by Crippen LogP contribution is 2.11. The van der Waals surface area contributed by atoms with Crippen molar-refractivity contribution >= 4 is 17.3 Å². The molecule has 98 valence electrons. The molecular formula is C15H17N3O. The Labute approximate surface area is 112 Å². The Morgan fingerprint density at radius 3 is 2.32 bits per heavy atom. The Bertz CT molecular complexity index is 537. The zero-order valence-electron chi connectivity index (χ0n) is 10.5. The van der Waals surface area contributed by atoms with Crippen LogP contribution in [0.2, 0.25) is 0 Å². The summed E-state index contributed by atoms with van der Waals surface area (Å²) in [4.78, 5) is 11.9. The summed E-state index contributed by atoms with van der Waals surface area (Å²) in [6.07, 6.45) is 0.516. The van der Waals surface area contributed by atoms with Crippen LogP contribution in [0.4, 0.5) is 11.4 Å². The van der Waals surface area contributed by atoms with E-state index in [1.165, 1.54) is 0 Å². The van der Waals surface area contributed by atoms with Crippen molar-refractivity contribution in [1.29, 1.82) is 0 Å². The zero-order chi connectivity index (χ0) is 13.7. The first-order valence-electron chi connectivity index (χ1n) is 6.11. The van der Waals surface area contributed by atoms with Crippen molar-refractivity contribution in [2.24, 2.45) is 5.73 Å². The fourth-order valence-corrected chi connectivity index (χ4v) is 1.76. The van der Waals surface area contributed by atoms with Crippen molar-refractivity contribution in [3.05, 3.63) is 60.2 Å². The molecule has 0 saturated carbocycles. The predicted octanol–water partition coefficient (Wildman–Crippen LogP) is 1.78. The molecule has 0 spiro atoms. The lowest BCUT2D eigenvalue weighted by Gasteiger charge is -2.12. The average Bonchev–Trinajstić information content (AvgIpc) is 2.42. The lowest BCUT2D eigenvalue weighted by Crippen LogP contribution is -2.37. The number of hydrogen-bond donors (Lipinski definition) is 3. The van der Waals surface area contributed by atoms with Gasteiger partial charge in [0.1, 0.15) is 0 Å². The lowest BCUT2D eigenvalue weighted by molar-refractivity contribution is -0.117. The molecule has 2 aromatic rings. The fourth-order valence-electron chi connectivity index (χ4n) is 1.76. The summed E-state index contributed by atoms with van der Waals surface area (Å²) in [5, 5.41) is 2.77. The van der Waals surface area contributed by atoms with E-state index in [2.05, 4.69) is 5.32 Å². The largest absolute Gasteiger partial charge is 0.399 e. The summed E-state index contributed by atoms with van der Waals surface area (Å²) in [5.74, 6) is -0.200. The third-order valence-electron chi connectivity index (χ3n) is 2.81. The Hall–Kier alpha value is -2.33. The number of carbonyl (C=O) groups excluding carboxylic acids is 1. The molecule has 0 heterocycles. The Balaban J connectivity index is 1.94. The summed E-state index contributed by atoms with van der Waals surface area (Å²) < 4.78 is 0. The smallest absolute Gasteiger partial charge is 0.241 e. The van der Waals surface area contributed by atoms with Crippen LogP contribution in [0.25, 0.3) is 0 Å². The molecule has 0 radical (unpaired) electrons. The third-order valence-corrected chi connectivity index (χ3v) is 2.81. The minimum absolute atomic E-state index is 0.200. The lowest BCUT2D eigenvalue weighted by atomic mass is 10.1. The van der Waals surface area contributed by atoms with Gasteiger partial charge in [0.25, 0.3) is 0 Å². The van der Waals surface area contributed by atoms with Gasteiger partial charge in [-0.1, -0.05) is 30.3 Å². The Kier molecular flexibility index (Phi) is 4.15.